The lowest BCUT2D eigenvalue weighted by Gasteiger charge is -2.27. The Morgan fingerprint density at radius 3 is 2.85 bits per heavy atom. The van der Waals surface area contributed by atoms with E-state index in [1.807, 2.05) is 40.9 Å². The number of aromatic nitrogens is 2. The molecule has 2 amide bonds. The van der Waals surface area contributed by atoms with Crippen LogP contribution in [0.5, 0.6) is 0 Å². The zero-order chi connectivity index (χ0) is 22.9. The maximum absolute atomic E-state index is 12.9. The number of anilines is 1. The summed E-state index contributed by atoms with van der Waals surface area (Å²) >= 11 is 1.43. The van der Waals surface area contributed by atoms with Gasteiger partial charge in [0.2, 0.25) is 11.8 Å². The SMILES string of the molecule is Cn1ccnc1CCC(=O)N1CCc2c(sc(NC(=O)[C@H]3C[C@H]3c3ccccc3)c2C#N)C1. The Morgan fingerprint density at radius 1 is 1.30 bits per heavy atom. The first-order valence-corrected chi connectivity index (χ1v) is 12.0. The van der Waals surface area contributed by atoms with Crippen LogP contribution in [0.1, 0.15) is 46.2 Å². The van der Waals surface area contributed by atoms with Gasteiger partial charge in [0.25, 0.3) is 0 Å². The summed E-state index contributed by atoms with van der Waals surface area (Å²) in [6.07, 6.45) is 6.09. The van der Waals surface area contributed by atoms with E-state index in [9.17, 15) is 14.9 Å². The molecule has 0 bridgehead atoms. The van der Waals surface area contributed by atoms with Crippen molar-refractivity contribution in [1.29, 1.82) is 5.26 Å². The van der Waals surface area contributed by atoms with E-state index in [0.29, 0.717) is 42.9 Å². The van der Waals surface area contributed by atoms with E-state index in [0.717, 1.165) is 22.7 Å². The number of imidazole rings is 1. The minimum absolute atomic E-state index is 0.0260. The largest absolute Gasteiger partial charge is 0.338 e. The average Bonchev–Trinajstić information content (AvgIpc) is 3.42. The molecule has 1 aliphatic carbocycles. The second-order valence-electron chi connectivity index (χ2n) is 8.69. The molecule has 1 fully saturated rings. The first-order valence-electron chi connectivity index (χ1n) is 11.2. The van der Waals surface area contributed by atoms with Crippen molar-refractivity contribution in [1.82, 2.24) is 14.5 Å². The van der Waals surface area contributed by atoms with Gasteiger partial charge in [-0.1, -0.05) is 30.3 Å². The number of hydrogen-bond acceptors (Lipinski definition) is 5. The Kier molecular flexibility index (Phi) is 5.73. The molecule has 8 heteroatoms. The second kappa shape index (κ2) is 8.83. The van der Waals surface area contributed by atoms with E-state index in [-0.39, 0.29) is 23.7 Å². The highest BCUT2D eigenvalue weighted by molar-refractivity contribution is 7.16. The fraction of sp³-hybridized carbons (Fsp3) is 0.360. The van der Waals surface area contributed by atoms with Crippen LogP contribution in [0.15, 0.2) is 42.7 Å². The lowest BCUT2D eigenvalue weighted by molar-refractivity contribution is -0.132. The molecular weight excluding hydrogens is 434 g/mol. The summed E-state index contributed by atoms with van der Waals surface area (Å²) in [6, 6.07) is 12.4. The minimum atomic E-state index is -0.0535. The summed E-state index contributed by atoms with van der Waals surface area (Å²) in [5, 5.41) is 13.4. The molecule has 7 nitrogen and oxygen atoms in total. The van der Waals surface area contributed by atoms with Crippen molar-refractivity contribution < 1.29 is 9.59 Å². The zero-order valence-electron chi connectivity index (χ0n) is 18.5. The molecule has 168 valence electrons. The minimum Gasteiger partial charge on any atom is -0.338 e. The Morgan fingerprint density at radius 2 is 2.12 bits per heavy atom. The van der Waals surface area contributed by atoms with Gasteiger partial charge in [0, 0.05) is 49.6 Å². The summed E-state index contributed by atoms with van der Waals surface area (Å²) in [5.74, 6) is 1.15. The lowest BCUT2D eigenvalue weighted by atomic mass is 10.0. The highest BCUT2D eigenvalue weighted by Crippen LogP contribution is 2.48. The van der Waals surface area contributed by atoms with Gasteiger partial charge in [-0.05, 0) is 29.9 Å². The van der Waals surface area contributed by atoms with E-state index in [1.54, 1.807) is 6.20 Å². The zero-order valence-corrected chi connectivity index (χ0v) is 19.3. The van der Waals surface area contributed by atoms with Crippen molar-refractivity contribution in [2.45, 2.75) is 38.1 Å². The number of nitriles is 1. The first kappa shape index (κ1) is 21.4. The second-order valence-corrected chi connectivity index (χ2v) is 9.79. The van der Waals surface area contributed by atoms with Crippen molar-refractivity contribution in [3.05, 3.63) is 70.1 Å². The third kappa shape index (κ3) is 4.29. The van der Waals surface area contributed by atoms with Gasteiger partial charge in [0.1, 0.15) is 16.9 Å². The smallest absolute Gasteiger partial charge is 0.228 e. The standard InChI is InChI=1S/C25H25N5O2S/c1-29-12-10-27-22(29)7-8-23(31)30-11-9-17-20(14-26)25(33-21(17)15-30)28-24(32)19-13-18(19)16-5-3-2-4-6-16/h2-6,10,12,18-19H,7-9,11,13,15H2,1H3,(H,28,32)/t18-,19-/m0/s1. The maximum Gasteiger partial charge on any atom is 0.228 e. The molecule has 1 saturated carbocycles. The van der Waals surface area contributed by atoms with Gasteiger partial charge in [0.05, 0.1) is 12.1 Å². The molecule has 1 N–H and O–H groups in total. The van der Waals surface area contributed by atoms with Crippen molar-refractivity contribution in [2.75, 3.05) is 11.9 Å². The van der Waals surface area contributed by atoms with E-state index in [1.165, 1.54) is 16.9 Å². The van der Waals surface area contributed by atoms with Crippen molar-refractivity contribution in [3.8, 4) is 6.07 Å². The molecule has 1 aromatic carbocycles. The van der Waals surface area contributed by atoms with Crippen LogP contribution >= 0.6 is 11.3 Å². The molecule has 0 radical (unpaired) electrons. The Hall–Kier alpha value is -3.44. The monoisotopic (exact) mass is 459 g/mol. The molecule has 2 aromatic heterocycles. The van der Waals surface area contributed by atoms with Gasteiger partial charge in [-0.2, -0.15) is 5.26 Å². The Bertz CT molecular complexity index is 1240. The van der Waals surface area contributed by atoms with Crippen molar-refractivity contribution >= 4 is 28.2 Å². The number of thiophene rings is 1. The predicted molar refractivity (Wildman–Crippen MR) is 126 cm³/mol. The van der Waals surface area contributed by atoms with Gasteiger partial charge < -0.3 is 14.8 Å². The number of fused-ring (bicyclic) bond motifs is 1. The molecule has 0 unspecified atom stereocenters. The van der Waals surface area contributed by atoms with Gasteiger partial charge >= 0.3 is 0 Å². The first-order chi connectivity index (χ1) is 16.0. The van der Waals surface area contributed by atoms with Crippen molar-refractivity contribution in [2.24, 2.45) is 13.0 Å². The summed E-state index contributed by atoms with van der Waals surface area (Å²) in [4.78, 5) is 32.8. The predicted octanol–water partition coefficient (Wildman–Crippen LogP) is 3.61. The van der Waals surface area contributed by atoms with E-state index < -0.39 is 0 Å². The van der Waals surface area contributed by atoms with Crippen LogP contribution in [0.2, 0.25) is 0 Å². The number of nitrogens with one attached hydrogen (secondary N) is 1. The highest BCUT2D eigenvalue weighted by Gasteiger charge is 2.44. The Labute approximate surface area is 196 Å². The molecule has 2 atom stereocenters. The number of carbonyl (C=O) groups is 2. The third-order valence-corrected chi connectivity index (χ3v) is 7.73. The normalized spacial score (nSPS) is 19.0. The summed E-state index contributed by atoms with van der Waals surface area (Å²) in [5.41, 5.74) is 2.71. The number of rotatable bonds is 6. The van der Waals surface area contributed by atoms with Gasteiger partial charge in [-0.15, -0.1) is 11.3 Å². The van der Waals surface area contributed by atoms with Crippen LogP contribution in [-0.2, 0) is 36.0 Å². The number of amides is 2. The molecule has 3 heterocycles. The van der Waals surface area contributed by atoms with E-state index >= 15 is 0 Å². The van der Waals surface area contributed by atoms with Crippen LogP contribution in [0.4, 0.5) is 5.00 Å². The summed E-state index contributed by atoms with van der Waals surface area (Å²) in [6.45, 7) is 1.07. The number of hydrogen-bond donors (Lipinski definition) is 1. The van der Waals surface area contributed by atoms with E-state index in [4.69, 9.17) is 0 Å². The van der Waals surface area contributed by atoms with Crippen LogP contribution in [0.3, 0.4) is 0 Å². The highest BCUT2D eigenvalue weighted by atomic mass is 32.1. The molecule has 3 aromatic rings. The van der Waals surface area contributed by atoms with Crippen LogP contribution in [-0.4, -0.2) is 32.8 Å². The fourth-order valence-corrected chi connectivity index (χ4v) is 5.81. The molecule has 1 aliphatic heterocycles. The van der Waals surface area contributed by atoms with E-state index in [2.05, 4.69) is 28.5 Å². The topological polar surface area (TPSA) is 91.0 Å². The summed E-state index contributed by atoms with van der Waals surface area (Å²) in [7, 11) is 1.93. The molecule has 2 aliphatic rings. The Balaban J connectivity index is 1.24. The average molecular weight is 460 g/mol. The lowest BCUT2D eigenvalue weighted by Crippen LogP contribution is -2.35. The molecular formula is C25H25N5O2S. The fourth-order valence-electron chi connectivity index (χ4n) is 4.59. The number of benzene rings is 1. The maximum atomic E-state index is 12.9. The quantitative estimate of drug-likeness (QED) is 0.610. The molecule has 5 rings (SSSR count). The van der Waals surface area contributed by atoms with Crippen LogP contribution in [0.25, 0.3) is 0 Å². The number of carbonyl (C=O) groups excluding carboxylic acids is 2. The van der Waals surface area contributed by atoms with Crippen LogP contribution < -0.4 is 5.32 Å². The van der Waals surface area contributed by atoms with Gasteiger partial charge in [-0.3, -0.25) is 9.59 Å². The number of nitrogens with zero attached hydrogens (tertiary/aromatic N) is 4. The summed E-state index contributed by atoms with van der Waals surface area (Å²) < 4.78 is 1.93. The molecule has 0 spiro atoms. The van der Waals surface area contributed by atoms with Crippen molar-refractivity contribution in [3.63, 3.8) is 0 Å². The van der Waals surface area contributed by atoms with Gasteiger partial charge in [0.15, 0.2) is 0 Å². The number of aryl methyl sites for hydroxylation is 2. The molecule has 33 heavy (non-hydrogen) atoms. The van der Waals surface area contributed by atoms with Crippen LogP contribution in [0, 0.1) is 17.2 Å². The molecule has 0 saturated heterocycles. The van der Waals surface area contributed by atoms with Gasteiger partial charge in [-0.25, -0.2) is 4.98 Å². The third-order valence-electron chi connectivity index (χ3n) is 6.60.